The lowest BCUT2D eigenvalue weighted by molar-refractivity contribution is 0.0935. The fourth-order valence-electron chi connectivity index (χ4n) is 1.98. The molecule has 1 amide bonds. The molecule has 0 spiro atoms. The van der Waals surface area contributed by atoms with E-state index in [1.807, 2.05) is 0 Å². The van der Waals surface area contributed by atoms with Gasteiger partial charge >= 0.3 is 0 Å². The van der Waals surface area contributed by atoms with Gasteiger partial charge in [-0.3, -0.25) is 4.79 Å². The summed E-state index contributed by atoms with van der Waals surface area (Å²) < 4.78 is 32.1. The summed E-state index contributed by atoms with van der Waals surface area (Å²) in [5.74, 6) is -1.71. The maximum atomic E-state index is 13.7. The largest absolute Gasteiger partial charge is 0.494 e. The number of hydrogen-bond donors (Lipinski definition) is 1. The summed E-state index contributed by atoms with van der Waals surface area (Å²) in [6.07, 6.45) is 0. The zero-order chi connectivity index (χ0) is 16.3. The Morgan fingerprint density at radius 2 is 1.91 bits per heavy atom. The summed E-state index contributed by atoms with van der Waals surface area (Å²) in [6.45, 7) is 1.67. The summed E-state index contributed by atoms with van der Waals surface area (Å²) in [7, 11) is 1.37. The van der Waals surface area contributed by atoms with Gasteiger partial charge in [0.15, 0.2) is 11.6 Å². The number of nitrogens with one attached hydrogen (secondary N) is 1. The molecule has 0 aliphatic carbocycles. The van der Waals surface area contributed by atoms with E-state index in [2.05, 4.69) is 5.32 Å². The van der Waals surface area contributed by atoms with Gasteiger partial charge in [-0.05, 0) is 42.8 Å². The number of halogens is 3. The molecule has 2 rings (SSSR count). The van der Waals surface area contributed by atoms with Crippen molar-refractivity contribution in [2.45, 2.75) is 13.0 Å². The lowest BCUT2D eigenvalue weighted by Gasteiger charge is -2.15. The van der Waals surface area contributed by atoms with Crippen LogP contribution in [0.4, 0.5) is 8.78 Å². The van der Waals surface area contributed by atoms with Crippen LogP contribution in [0.5, 0.6) is 5.75 Å². The van der Waals surface area contributed by atoms with Gasteiger partial charge in [-0.25, -0.2) is 8.78 Å². The highest BCUT2D eigenvalue weighted by Crippen LogP contribution is 2.22. The lowest BCUT2D eigenvalue weighted by atomic mass is 10.1. The molecular formula is C16H14ClF2NO2. The van der Waals surface area contributed by atoms with Crippen molar-refractivity contribution in [1.82, 2.24) is 5.32 Å². The predicted octanol–water partition coefficient (Wildman–Crippen LogP) is 4.12. The van der Waals surface area contributed by atoms with Gasteiger partial charge in [0.05, 0.1) is 18.7 Å². The monoisotopic (exact) mass is 325 g/mol. The van der Waals surface area contributed by atoms with E-state index >= 15 is 0 Å². The highest BCUT2D eigenvalue weighted by molar-refractivity contribution is 6.31. The van der Waals surface area contributed by atoms with Crippen LogP contribution in [0, 0.1) is 11.6 Å². The van der Waals surface area contributed by atoms with Crippen LogP contribution in [0.15, 0.2) is 36.4 Å². The molecule has 6 heteroatoms. The average Bonchev–Trinajstić information content (AvgIpc) is 2.49. The van der Waals surface area contributed by atoms with Crippen molar-refractivity contribution in [3.8, 4) is 5.75 Å². The Labute approximate surface area is 131 Å². The summed E-state index contributed by atoms with van der Waals surface area (Å²) in [5.41, 5.74) is 0.377. The number of carbonyl (C=O) groups is 1. The molecule has 0 radical (unpaired) electrons. The van der Waals surface area contributed by atoms with Crippen molar-refractivity contribution < 1.29 is 18.3 Å². The first-order valence-corrected chi connectivity index (χ1v) is 6.89. The maximum absolute atomic E-state index is 13.7. The Morgan fingerprint density at radius 1 is 1.18 bits per heavy atom. The van der Waals surface area contributed by atoms with Gasteiger partial charge in [0, 0.05) is 5.02 Å². The normalized spacial score (nSPS) is 11.9. The maximum Gasteiger partial charge on any atom is 0.254 e. The Balaban J connectivity index is 2.17. The van der Waals surface area contributed by atoms with E-state index in [0.717, 1.165) is 6.07 Å². The Bertz CT molecular complexity index is 707. The first-order valence-electron chi connectivity index (χ1n) is 6.51. The molecule has 0 aliphatic rings. The highest BCUT2D eigenvalue weighted by atomic mass is 35.5. The molecule has 1 unspecified atom stereocenters. The van der Waals surface area contributed by atoms with E-state index in [9.17, 15) is 13.6 Å². The molecule has 2 aromatic carbocycles. The van der Waals surface area contributed by atoms with Gasteiger partial charge in [-0.2, -0.15) is 0 Å². The zero-order valence-electron chi connectivity index (χ0n) is 12.0. The number of rotatable bonds is 4. The molecule has 3 nitrogen and oxygen atoms in total. The predicted molar refractivity (Wildman–Crippen MR) is 80.2 cm³/mol. The SMILES string of the molecule is COc1ccc(C(C)NC(=O)c2cc(Cl)ccc2F)cc1F. The van der Waals surface area contributed by atoms with Crippen molar-refractivity contribution in [3.05, 3.63) is 64.2 Å². The second-order valence-electron chi connectivity index (χ2n) is 4.71. The van der Waals surface area contributed by atoms with Gasteiger partial charge in [0.25, 0.3) is 5.91 Å². The molecule has 0 saturated carbocycles. The quantitative estimate of drug-likeness (QED) is 0.918. The van der Waals surface area contributed by atoms with Gasteiger partial charge in [-0.15, -0.1) is 0 Å². The van der Waals surface area contributed by atoms with Crippen molar-refractivity contribution in [1.29, 1.82) is 0 Å². The molecule has 0 aliphatic heterocycles. The molecule has 2 aromatic rings. The zero-order valence-corrected chi connectivity index (χ0v) is 12.7. The van der Waals surface area contributed by atoms with E-state index < -0.39 is 23.6 Å². The number of ether oxygens (including phenoxy) is 1. The highest BCUT2D eigenvalue weighted by Gasteiger charge is 2.16. The molecule has 0 fully saturated rings. The van der Waals surface area contributed by atoms with Crippen molar-refractivity contribution >= 4 is 17.5 Å². The van der Waals surface area contributed by atoms with Gasteiger partial charge in [-0.1, -0.05) is 17.7 Å². The third-order valence-corrected chi connectivity index (χ3v) is 3.43. The number of amides is 1. The topological polar surface area (TPSA) is 38.3 Å². The minimum atomic E-state index is -0.671. The first-order chi connectivity index (χ1) is 10.4. The van der Waals surface area contributed by atoms with Crippen LogP contribution in [-0.2, 0) is 0 Å². The van der Waals surface area contributed by atoms with E-state index in [4.69, 9.17) is 16.3 Å². The Hall–Kier alpha value is -2.14. The molecule has 0 heterocycles. The molecule has 0 aromatic heterocycles. The van der Waals surface area contributed by atoms with Crippen LogP contribution >= 0.6 is 11.6 Å². The minimum Gasteiger partial charge on any atom is -0.494 e. The van der Waals surface area contributed by atoms with Gasteiger partial charge in [0.1, 0.15) is 5.82 Å². The fraction of sp³-hybridized carbons (Fsp3) is 0.188. The summed E-state index contributed by atoms with van der Waals surface area (Å²) in [6, 6.07) is 7.57. The first kappa shape index (κ1) is 16.2. The summed E-state index contributed by atoms with van der Waals surface area (Å²) >= 11 is 5.76. The second kappa shape index (κ2) is 6.75. The number of carbonyl (C=O) groups excluding carboxylic acids is 1. The third kappa shape index (κ3) is 3.54. The number of methoxy groups -OCH3 is 1. The smallest absolute Gasteiger partial charge is 0.254 e. The Kier molecular flexibility index (Phi) is 4.98. The third-order valence-electron chi connectivity index (χ3n) is 3.20. The molecule has 0 bridgehead atoms. The van der Waals surface area contributed by atoms with Crippen molar-refractivity contribution in [2.24, 2.45) is 0 Å². The van der Waals surface area contributed by atoms with Crippen LogP contribution in [-0.4, -0.2) is 13.0 Å². The molecule has 1 atom stereocenters. The minimum absolute atomic E-state index is 0.114. The summed E-state index contributed by atoms with van der Waals surface area (Å²) in [4.78, 5) is 12.1. The van der Waals surface area contributed by atoms with Crippen LogP contribution in [0.25, 0.3) is 0 Å². The number of benzene rings is 2. The molecule has 0 saturated heterocycles. The standard InChI is InChI=1S/C16H14ClF2NO2/c1-9(10-3-6-15(22-2)14(19)7-10)20-16(21)12-8-11(17)4-5-13(12)18/h3-9H,1-2H3,(H,20,21). The Morgan fingerprint density at radius 3 is 2.55 bits per heavy atom. The van der Waals surface area contributed by atoms with E-state index in [1.165, 1.54) is 31.4 Å². The van der Waals surface area contributed by atoms with Gasteiger partial charge < -0.3 is 10.1 Å². The fourth-order valence-corrected chi connectivity index (χ4v) is 2.15. The lowest BCUT2D eigenvalue weighted by Crippen LogP contribution is -2.27. The second-order valence-corrected chi connectivity index (χ2v) is 5.15. The van der Waals surface area contributed by atoms with E-state index in [0.29, 0.717) is 5.56 Å². The van der Waals surface area contributed by atoms with Crippen LogP contribution < -0.4 is 10.1 Å². The van der Waals surface area contributed by atoms with Crippen LogP contribution in [0.1, 0.15) is 28.9 Å². The van der Waals surface area contributed by atoms with Crippen LogP contribution in [0.3, 0.4) is 0 Å². The number of hydrogen-bond acceptors (Lipinski definition) is 2. The molecular weight excluding hydrogens is 312 g/mol. The molecule has 1 N–H and O–H groups in total. The van der Waals surface area contributed by atoms with Crippen molar-refractivity contribution in [3.63, 3.8) is 0 Å². The van der Waals surface area contributed by atoms with E-state index in [-0.39, 0.29) is 16.3 Å². The average molecular weight is 326 g/mol. The molecule has 116 valence electrons. The summed E-state index contributed by atoms with van der Waals surface area (Å²) in [5, 5.41) is 2.86. The van der Waals surface area contributed by atoms with Crippen LogP contribution in [0.2, 0.25) is 5.02 Å². The van der Waals surface area contributed by atoms with Crippen molar-refractivity contribution in [2.75, 3.05) is 7.11 Å². The van der Waals surface area contributed by atoms with E-state index in [1.54, 1.807) is 13.0 Å². The van der Waals surface area contributed by atoms with Gasteiger partial charge in [0.2, 0.25) is 0 Å². The molecule has 22 heavy (non-hydrogen) atoms.